The van der Waals surface area contributed by atoms with Gasteiger partial charge in [-0.25, -0.2) is 0 Å². The molecule has 0 aliphatic heterocycles. The van der Waals surface area contributed by atoms with Crippen LogP contribution in [0.2, 0.25) is 0 Å². The highest BCUT2D eigenvalue weighted by molar-refractivity contribution is 8.60. The van der Waals surface area contributed by atoms with Gasteiger partial charge >= 0.3 is 5.69 Å². The Balaban J connectivity index is 2.05. The van der Waals surface area contributed by atoms with Crippen molar-refractivity contribution in [3.8, 4) is 11.5 Å². The Bertz CT molecular complexity index is 622. The van der Waals surface area contributed by atoms with Crippen molar-refractivity contribution in [1.29, 1.82) is 0 Å². The second kappa shape index (κ2) is 7.74. The number of rotatable bonds is 6. The topological polar surface area (TPSA) is 18.5 Å². The van der Waals surface area contributed by atoms with Crippen LogP contribution in [0.25, 0.3) is 0 Å². The molecule has 0 radical (unpaired) electrons. The Labute approximate surface area is 149 Å². The van der Waals surface area contributed by atoms with Crippen molar-refractivity contribution in [3.63, 3.8) is 0 Å². The molecule has 23 heavy (non-hydrogen) atoms. The molecule has 5 heteroatoms. The maximum Gasteiger partial charge on any atom is 0.345 e. The molecule has 2 aromatic rings. The van der Waals surface area contributed by atoms with Crippen molar-refractivity contribution >= 4 is 29.7 Å². The van der Waals surface area contributed by atoms with E-state index in [2.05, 4.69) is 39.9 Å². The van der Waals surface area contributed by atoms with E-state index >= 15 is 0 Å². The zero-order valence-corrected chi connectivity index (χ0v) is 16.5. The van der Waals surface area contributed by atoms with Crippen LogP contribution in [0.5, 0.6) is 11.5 Å². The molecule has 0 bridgehead atoms. The summed E-state index contributed by atoms with van der Waals surface area (Å²) >= 11 is 9.83. The van der Waals surface area contributed by atoms with E-state index in [0.29, 0.717) is 23.3 Å². The zero-order chi connectivity index (χ0) is 17.0. The first-order chi connectivity index (χ1) is 10.8. The van der Waals surface area contributed by atoms with Crippen LogP contribution < -0.4 is 9.05 Å². The molecule has 2 rings (SSSR count). The van der Waals surface area contributed by atoms with Gasteiger partial charge in [-0.1, -0.05) is 64.2 Å². The zero-order valence-electron chi connectivity index (χ0n) is 13.9. The fourth-order valence-electron chi connectivity index (χ4n) is 2.11. The van der Waals surface area contributed by atoms with Crippen LogP contribution in [-0.2, 0) is 11.8 Å². The summed E-state index contributed by atoms with van der Waals surface area (Å²) in [5.41, 5.74) is -0.168. The molecular weight excluding hydrogens is 343 g/mol. The average Bonchev–Trinajstić information content (AvgIpc) is 2.47. The van der Waals surface area contributed by atoms with Crippen LogP contribution in [0, 0.1) is 0 Å². The Hall–Kier alpha value is -0.960. The molecule has 0 amide bonds. The van der Waals surface area contributed by atoms with Gasteiger partial charge in [-0.2, -0.15) is 0 Å². The van der Waals surface area contributed by atoms with Crippen molar-refractivity contribution in [2.24, 2.45) is 0 Å². The Morgan fingerprint density at radius 3 is 1.30 bits per heavy atom. The molecule has 2 nitrogen and oxygen atoms in total. The van der Waals surface area contributed by atoms with Gasteiger partial charge in [-0.05, 0) is 59.0 Å². The highest BCUT2D eigenvalue weighted by atomic mass is 32.9. The number of hydrogen-bond acceptors (Lipinski definition) is 3. The second-order valence-electron chi connectivity index (χ2n) is 6.10. The SMILES string of the molecule is CC(C)c1ccc(OP(=S)(S)Oc2ccc(C(C)C)cc2)cc1. The van der Waals surface area contributed by atoms with Gasteiger partial charge in [0.05, 0.1) is 0 Å². The fraction of sp³-hybridized carbons (Fsp3) is 0.333. The standard InChI is InChI=1S/C18H23O2PS2/c1-13(2)15-5-9-17(10-6-15)19-21(22,23)20-18-11-7-16(8-12-18)14(3)4/h5-14H,1-4H3,(H,22,23). The van der Waals surface area contributed by atoms with E-state index in [1.807, 2.05) is 48.5 Å². The summed E-state index contributed by atoms with van der Waals surface area (Å²) in [4.78, 5) is 0. The summed E-state index contributed by atoms with van der Waals surface area (Å²) in [6.07, 6.45) is 0. The van der Waals surface area contributed by atoms with Crippen molar-refractivity contribution in [2.45, 2.75) is 39.5 Å². The monoisotopic (exact) mass is 366 g/mol. The first-order valence-electron chi connectivity index (χ1n) is 7.69. The Morgan fingerprint density at radius 1 is 0.739 bits per heavy atom. The van der Waals surface area contributed by atoms with Gasteiger partial charge in [0.25, 0.3) is 0 Å². The molecule has 0 aromatic heterocycles. The number of benzene rings is 2. The van der Waals surface area contributed by atoms with Gasteiger partial charge in [0, 0.05) is 0 Å². The van der Waals surface area contributed by atoms with Crippen LogP contribution in [0.15, 0.2) is 48.5 Å². The highest BCUT2D eigenvalue weighted by Crippen LogP contribution is 2.53. The third-order valence-corrected chi connectivity index (χ3v) is 5.36. The molecular formula is C18H23O2PS2. The van der Waals surface area contributed by atoms with Gasteiger partial charge in [-0.15, -0.1) is 0 Å². The van der Waals surface area contributed by atoms with Gasteiger partial charge in [0.15, 0.2) is 0 Å². The Morgan fingerprint density at radius 2 is 1.04 bits per heavy atom. The van der Waals surface area contributed by atoms with E-state index < -0.39 is 5.69 Å². The minimum atomic E-state index is -2.69. The lowest BCUT2D eigenvalue weighted by Crippen LogP contribution is -1.96. The highest BCUT2D eigenvalue weighted by Gasteiger charge is 2.17. The van der Waals surface area contributed by atoms with Gasteiger partial charge in [0.1, 0.15) is 11.5 Å². The summed E-state index contributed by atoms with van der Waals surface area (Å²) in [5, 5.41) is 0. The molecule has 0 saturated carbocycles. The van der Waals surface area contributed by atoms with Crippen molar-refractivity contribution in [2.75, 3.05) is 0 Å². The van der Waals surface area contributed by atoms with E-state index in [1.54, 1.807) is 0 Å². The first-order valence-corrected chi connectivity index (χ1v) is 11.5. The van der Waals surface area contributed by atoms with Crippen LogP contribution in [0.4, 0.5) is 0 Å². The fourth-order valence-corrected chi connectivity index (χ4v) is 4.01. The summed E-state index contributed by atoms with van der Waals surface area (Å²) in [7, 11) is 0. The maximum absolute atomic E-state index is 5.79. The van der Waals surface area contributed by atoms with Crippen LogP contribution in [-0.4, -0.2) is 0 Å². The van der Waals surface area contributed by atoms with Crippen LogP contribution in [0.1, 0.15) is 50.7 Å². The molecule has 124 valence electrons. The van der Waals surface area contributed by atoms with Crippen molar-refractivity contribution < 1.29 is 9.05 Å². The summed E-state index contributed by atoms with van der Waals surface area (Å²) in [6, 6.07) is 15.8. The molecule has 0 fully saturated rings. The molecule has 0 saturated heterocycles. The normalized spacial score (nSPS) is 11.8. The lowest BCUT2D eigenvalue weighted by molar-refractivity contribution is 0.506. The molecule has 0 aliphatic rings. The average molecular weight is 366 g/mol. The summed E-state index contributed by atoms with van der Waals surface area (Å²) < 4.78 is 11.6. The molecule has 0 spiro atoms. The number of hydrogen-bond donors (Lipinski definition) is 1. The molecule has 0 atom stereocenters. The molecule has 0 N–H and O–H groups in total. The quantitative estimate of drug-likeness (QED) is 0.462. The lowest BCUT2D eigenvalue weighted by atomic mass is 10.0. The molecule has 2 aromatic carbocycles. The largest absolute Gasteiger partial charge is 0.428 e. The third-order valence-electron chi connectivity index (χ3n) is 3.54. The van der Waals surface area contributed by atoms with Gasteiger partial charge in [-0.3, -0.25) is 0 Å². The molecule has 0 aliphatic carbocycles. The summed E-state index contributed by atoms with van der Waals surface area (Å²) in [6.45, 7) is 8.62. The minimum absolute atomic E-state index is 0.485. The van der Waals surface area contributed by atoms with Gasteiger partial charge in [0.2, 0.25) is 0 Å². The first kappa shape index (κ1) is 18.4. The Kier molecular flexibility index (Phi) is 6.19. The van der Waals surface area contributed by atoms with E-state index in [9.17, 15) is 0 Å². The van der Waals surface area contributed by atoms with E-state index in [-0.39, 0.29) is 0 Å². The smallest absolute Gasteiger partial charge is 0.345 e. The van der Waals surface area contributed by atoms with Crippen LogP contribution in [0.3, 0.4) is 0 Å². The third kappa shape index (κ3) is 5.56. The predicted octanol–water partition coefficient (Wildman–Crippen LogP) is 6.55. The van der Waals surface area contributed by atoms with Crippen LogP contribution >= 0.6 is 17.9 Å². The lowest BCUT2D eigenvalue weighted by Gasteiger charge is -2.19. The van der Waals surface area contributed by atoms with Crippen molar-refractivity contribution in [1.82, 2.24) is 0 Å². The maximum atomic E-state index is 5.79. The minimum Gasteiger partial charge on any atom is -0.428 e. The molecule has 0 heterocycles. The second-order valence-corrected chi connectivity index (χ2v) is 11.2. The van der Waals surface area contributed by atoms with E-state index in [0.717, 1.165) is 0 Å². The van der Waals surface area contributed by atoms with Gasteiger partial charge < -0.3 is 9.05 Å². The predicted molar refractivity (Wildman–Crippen MR) is 106 cm³/mol. The van der Waals surface area contributed by atoms with E-state index in [4.69, 9.17) is 20.9 Å². The molecule has 0 unspecified atom stereocenters. The summed E-state index contributed by atoms with van der Waals surface area (Å²) in [5.74, 6) is 2.34. The van der Waals surface area contributed by atoms with E-state index in [1.165, 1.54) is 11.1 Å². The van der Waals surface area contributed by atoms with Crippen molar-refractivity contribution in [3.05, 3.63) is 59.7 Å². The number of thiol groups is 1.